The van der Waals surface area contributed by atoms with Gasteiger partial charge >= 0.3 is 5.97 Å². The average molecular weight is 580 g/mol. The molecule has 4 heterocycles. The highest BCUT2D eigenvalue weighted by atomic mass is 32.2. The number of ether oxygens (including phenoxy) is 1. The summed E-state index contributed by atoms with van der Waals surface area (Å²) in [6.45, 7) is 5.85. The van der Waals surface area contributed by atoms with Gasteiger partial charge in [-0.3, -0.25) is 9.89 Å². The molecule has 2 aliphatic rings. The van der Waals surface area contributed by atoms with Crippen LogP contribution in [0, 0.1) is 18.7 Å². The SMILES string of the molecule is CCCCCCC(=O)OCc1nc(NCC2CC3CCCC(C2)N3S(=O)(=O)CC)nc(Nc2cc(C)[nH]n2)c1F. The third-order valence-electron chi connectivity index (χ3n) is 7.72. The highest BCUT2D eigenvalue weighted by Gasteiger charge is 2.43. The minimum absolute atomic E-state index is 0.00539. The van der Waals surface area contributed by atoms with Crippen molar-refractivity contribution in [3.8, 4) is 0 Å². The van der Waals surface area contributed by atoms with Crippen LogP contribution in [0.2, 0.25) is 0 Å². The molecule has 2 saturated heterocycles. The largest absolute Gasteiger partial charge is 0.459 e. The van der Waals surface area contributed by atoms with Gasteiger partial charge < -0.3 is 15.4 Å². The predicted octanol–water partition coefficient (Wildman–Crippen LogP) is 4.80. The van der Waals surface area contributed by atoms with Crippen molar-refractivity contribution in [2.45, 2.75) is 104 Å². The first-order chi connectivity index (χ1) is 19.2. The van der Waals surface area contributed by atoms with E-state index in [0.29, 0.717) is 12.4 Å². The Morgan fingerprint density at radius 2 is 1.93 bits per heavy atom. The quantitative estimate of drug-likeness (QED) is 0.212. The van der Waals surface area contributed by atoms with Crippen molar-refractivity contribution in [3.63, 3.8) is 0 Å². The predicted molar refractivity (Wildman–Crippen MR) is 151 cm³/mol. The van der Waals surface area contributed by atoms with E-state index in [1.165, 1.54) is 0 Å². The van der Waals surface area contributed by atoms with Gasteiger partial charge in [0.25, 0.3) is 0 Å². The third-order valence-corrected chi connectivity index (χ3v) is 9.69. The number of esters is 1. The van der Waals surface area contributed by atoms with E-state index in [1.807, 2.05) is 6.92 Å². The molecule has 3 N–H and O–H groups in total. The molecule has 2 aliphatic heterocycles. The molecule has 2 bridgehead atoms. The zero-order valence-corrected chi connectivity index (χ0v) is 24.5. The fourth-order valence-electron chi connectivity index (χ4n) is 5.73. The average Bonchev–Trinajstić information content (AvgIpc) is 3.34. The van der Waals surface area contributed by atoms with E-state index in [-0.39, 0.29) is 60.2 Å². The van der Waals surface area contributed by atoms with Crippen molar-refractivity contribution in [1.29, 1.82) is 0 Å². The van der Waals surface area contributed by atoms with Crippen LogP contribution in [0.3, 0.4) is 0 Å². The molecule has 0 aromatic carbocycles. The number of fused-ring (bicyclic) bond motifs is 2. The van der Waals surface area contributed by atoms with Crippen LogP contribution in [0.1, 0.15) is 89.4 Å². The molecule has 13 heteroatoms. The number of H-pyrrole nitrogens is 1. The lowest BCUT2D eigenvalue weighted by molar-refractivity contribution is -0.145. The Kier molecular flexibility index (Phi) is 10.3. The van der Waals surface area contributed by atoms with Gasteiger partial charge in [-0.2, -0.15) is 14.4 Å². The van der Waals surface area contributed by atoms with E-state index < -0.39 is 15.8 Å². The van der Waals surface area contributed by atoms with Crippen LogP contribution in [0.4, 0.5) is 22.0 Å². The second kappa shape index (κ2) is 13.7. The number of halogens is 1. The molecule has 2 fully saturated rings. The summed E-state index contributed by atoms with van der Waals surface area (Å²) in [5.74, 6) is -0.222. The Bertz CT molecular complexity index is 1240. The number of piperidine rings is 2. The van der Waals surface area contributed by atoms with E-state index in [4.69, 9.17) is 4.74 Å². The number of aromatic amines is 1. The van der Waals surface area contributed by atoms with Crippen molar-refractivity contribution >= 4 is 33.6 Å². The molecule has 0 radical (unpaired) electrons. The Labute approximate surface area is 236 Å². The summed E-state index contributed by atoms with van der Waals surface area (Å²) < 4.78 is 47.9. The van der Waals surface area contributed by atoms with Crippen LogP contribution >= 0.6 is 0 Å². The molecular weight excluding hydrogens is 537 g/mol. The lowest BCUT2D eigenvalue weighted by Gasteiger charge is -2.47. The number of sulfonamides is 1. The van der Waals surface area contributed by atoms with Crippen molar-refractivity contribution in [3.05, 3.63) is 23.3 Å². The molecule has 2 atom stereocenters. The van der Waals surface area contributed by atoms with Crippen molar-refractivity contribution < 1.29 is 22.3 Å². The number of carbonyl (C=O) groups is 1. The number of unbranched alkanes of at least 4 members (excludes halogenated alkanes) is 3. The van der Waals surface area contributed by atoms with Crippen LogP contribution in [0.5, 0.6) is 0 Å². The monoisotopic (exact) mass is 579 g/mol. The van der Waals surface area contributed by atoms with Crippen LogP contribution < -0.4 is 10.6 Å². The molecular formula is C27H42FN7O4S. The van der Waals surface area contributed by atoms with Crippen LogP contribution in [-0.2, 0) is 26.2 Å². The van der Waals surface area contributed by atoms with E-state index in [2.05, 4.69) is 37.7 Å². The molecule has 0 spiro atoms. The molecule has 222 valence electrons. The summed E-state index contributed by atoms with van der Waals surface area (Å²) in [7, 11) is -3.25. The number of hydrogen-bond donors (Lipinski definition) is 3. The Morgan fingerprint density at radius 3 is 2.58 bits per heavy atom. The van der Waals surface area contributed by atoms with Gasteiger partial charge in [0, 0.05) is 36.8 Å². The first-order valence-electron chi connectivity index (χ1n) is 14.5. The van der Waals surface area contributed by atoms with Gasteiger partial charge in [-0.1, -0.05) is 32.6 Å². The summed E-state index contributed by atoms with van der Waals surface area (Å²) in [5.41, 5.74) is 0.768. The second-order valence-corrected chi connectivity index (χ2v) is 13.0. The fourth-order valence-corrected chi connectivity index (χ4v) is 7.32. The Balaban J connectivity index is 1.45. The number of anilines is 3. The van der Waals surface area contributed by atoms with Gasteiger partial charge in [-0.15, -0.1) is 0 Å². The lowest BCUT2D eigenvalue weighted by Crippen LogP contribution is -2.55. The maximum absolute atomic E-state index is 15.4. The van der Waals surface area contributed by atoms with Crippen LogP contribution in [0.25, 0.3) is 0 Å². The Morgan fingerprint density at radius 1 is 1.18 bits per heavy atom. The van der Waals surface area contributed by atoms with Gasteiger partial charge in [-0.05, 0) is 51.9 Å². The number of aromatic nitrogens is 4. The maximum atomic E-state index is 15.4. The highest BCUT2D eigenvalue weighted by molar-refractivity contribution is 7.89. The molecule has 2 unspecified atom stereocenters. The highest BCUT2D eigenvalue weighted by Crippen LogP contribution is 2.39. The molecule has 0 saturated carbocycles. The van der Waals surface area contributed by atoms with E-state index in [9.17, 15) is 13.2 Å². The number of aryl methyl sites for hydroxylation is 1. The zero-order chi connectivity index (χ0) is 28.7. The molecule has 0 aliphatic carbocycles. The minimum atomic E-state index is -3.25. The molecule has 2 aromatic heterocycles. The lowest BCUT2D eigenvalue weighted by atomic mass is 9.80. The van der Waals surface area contributed by atoms with E-state index in [1.54, 1.807) is 17.3 Å². The molecule has 2 aromatic rings. The molecule has 0 amide bonds. The van der Waals surface area contributed by atoms with E-state index in [0.717, 1.165) is 63.5 Å². The number of nitrogens with zero attached hydrogens (tertiary/aromatic N) is 4. The van der Waals surface area contributed by atoms with Gasteiger partial charge in [0.2, 0.25) is 16.0 Å². The summed E-state index contributed by atoms with van der Waals surface area (Å²) in [5, 5.41) is 13.0. The first-order valence-corrected chi connectivity index (χ1v) is 16.1. The zero-order valence-electron chi connectivity index (χ0n) is 23.7. The second-order valence-electron chi connectivity index (χ2n) is 10.9. The van der Waals surface area contributed by atoms with Crippen molar-refractivity contribution in [2.24, 2.45) is 5.92 Å². The van der Waals surface area contributed by atoms with Gasteiger partial charge in [0.05, 0.1) is 5.75 Å². The summed E-state index contributed by atoms with van der Waals surface area (Å²) in [4.78, 5) is 20.9. The summed E-state index contributed by atoms with van der Waals surface area (Å²) >= 11 is 0. The number of hydrogen-bond acceptors (Lipinski definition) is 9. The van der Waals surface area contributed by atoms with Gasteiger partial charge in [0.1, 0.15) is 12.3 Å². The van der Waals surface area contributed by atoms with Crippen LogP contribution in [0.15, 0.2) is 6.07 Å². The number of carbonyl (C=O) groups excluding carboxylic acids is 1. The molecule has 40 heavy (non-hydrogen) atoms. The summed E-state index contributed by atoms with van der Waals surface area (Å²) in [6.07, 6.45) is 8.36. The first kappa shape index (κ1) is 30.2. The minimum Gasteiger partial charge on any atom is -0.459 e. The topological polar surface area (TPSA) is 142 Å². The standard InChI is InChI=1S/C27H42FN7O4S/c1-4-6-7-8-12-24(36)39-17-22-25(28)26(31-23-13-18(3)33-34-23)32-27(30-22)29-16-19-14-20-10-9-11-21(15-19)35(20)40(37,38)5-2/h13,19-21H,4-12,14-17H2,1-3H3,(H3,29,30,31,32,33,34). The van der Waals surface area contributed by atoms with Gasteiger partial charge in [-0.25, -0.2) is 17.8 Å². The maximum Gasteiger partial charge on any atom is 0.306 e. The molecule has 11 nitrogen and oxygen atoms in total. The normalized spacial score (nSPS) is 21.2. The fraction of sp³-hybridized carbons (Fsp3) is 0.704. The summed E-state index contributed by atoms with van der Waals surface area (Å²) in [6, 6.07) is 1.73. The van der Waals surface area contributed by atoms with Crippen LogP contribution in [-0.4, -0.2) is 63.2 Å². The molecule has 4 rings (SSSR count). The van der Waals surface area contributed by atoms with Crippen molar-refractivity contribution in [2.75, 3.05) is 22.9 Å². The number of rotatable bonds is 14. The van der Waals surface area contributed by atoms with Gasteiger partial charge in [0.15, 0.2) is 17.5 Å². The Hall–Kier alpha value is -2.80. The number of nitrogens with one attached hydrogen (secondary N) is 3. The van der Waals surface area contributed by atoms with Crippen molar-refractivity contribution in [1.82, 2.24) is 24.5 Å². The smallest absolute Gasteiger partial charge is 0.306 e. The third kappa shape index (κ3) is 7.68. The van der Waals surface area contributed by atoms with E-state index >= 15 is 4.39 Å².